The van der Waals surface area contributed by atoms with Crippen molar-refractivity contribution in [3.05, 3.63) is 0 Å². The Bertz CT molecular complexity index is 1960. The lowest BCUT2D eigenvalue weighted by atomic mass is 9.99. The quantitative estimate of drug-likeness (QED) is 0.0222. The summed E-state index contributed by atoms with van der Waals surface area (Å²) in [5.41, 5.74) is 0. The van der Waals surface area contributed by atoms with E-state index < -0.39 is 97.5 Å². The van der Waals surface area contributed by atoms with Crippen molar-refractivity contribution in [2.24, 2.45) is 17.8 Å². The summed E-state index contributed by atoms with van der Waals surface area (Å²) in [6.07, 6.45) is 61.0. The monoisotopic (exact) mass is 1480 g/mol. The van der Waals surface area contributed by atoms with E-state index in [1.807, 2.05) is 0 Å². The standard InChI is InChI=1S/C82H160O17P2/c1-8-10-11-12-13-32-42-49-56-63-79(84)92-69-77(98-82(87)66-59-52-45-38-31-25-27-34-40-47-54-61-74(5)6)71-96-100(88,89)94-67-76(83)68-95-101(90,91)97-72-78(70-93-80(85)64-57-50-43-36-29-24-20-21-26-33-39-46-53-60-73(3)4)99-81(86)65-58-51-44-37-30-23-19-17-15-14-16-18-22-28-35-41-48-55-62-75(7)9-2/h73-78,83H,8-72H2,1-7H3,(H,88,89)(H,90,91)/t75?,76-,77+,78+/m0/s1. The lowest BCUT2D eigenvalue weighted by Gasteiger charge is -2.21. The van der Waals surface area contributed by atoms with Gasteiger partial charge in [-0.15, -0.1) is 0 Å². The minimum Gasteiger partial charge on any atom is -0.462 e. The molecule has 0 rings (SSSR count). The van der Waals surface area contributed by atoms with Gasteiger partial charge in [0.15, 0.2) is 12.2 Å². The molecule has 0 aromatic rings. The van der Waals surface area contributed by atoms with Crippen LogP contribution in [0.1, 0.15) is 427 Å². The van der Waals surface area contributed by atoms with Crippen LogP contribution in [-0.2, 0) is 65.4 Å². The molecule has 0 spiro atoms. The molecule has 0 aromatic heterocycles. The van der Waals surface area contributed by atoms with Gasteiger partial charge in [-0.3, -0.25) is 37.3 Å². The number of aliphatic hydroxyl groups excluding tert-OH is 1. The third-order valence-corrected chi connectivity index (χ3v) is 21.4. The minimum absolute atomic E-state index is 0.106. The third kappa shape index (κ3) is 74.7. The average Bonchev–Trinajstić information content (AvgIpc) is 0.931. The number of esters is 4. The van der Waals surface area contributed by atoms with Gasteiger partial charge in [-0.05, 0) is 43.4 Å². The summed E-state index contributed by atoms with van der Waals surface area (Å²) >= 11 is 0. The topological polar surface area (TPSA) is 237 Å². The smallest absolute Gasteiger partial charge is 0.462 e. The van der Waals surface area contributed by atoms with Crippen LogP contribution in [0.5, 0.6) is 0 Å². The summed E-state index contributed by atoms with van der Waals surface area (Å²) in [7, 11) is -9.92. The first-order valence-corrected chi connectivity index (χ1v) is 45.4. The second-order valence-corrected chi connectivity index (χ2v) is 33.6. The van der Waals surface area contributed by atoms with Crippen molar-refractivity contribution in [2.45, 2.75) is 446 Å². The Hall–Kier alpha value is -1.94. The number of hydrogen-bond acceptors (Lipinski definition) is 15. The summed E-state index contributed by atoms with van der Waals surface area (Å²) in [6, 6.07) is 0. The molecule has 101 heavy (non-hydrogen) atoms. The Morgan fingerprint density at radius 2 is 0.505 bits per heavy atom. The maximum absolute atomic E-state index is 13.1. The van der Waals surface area contributed by atoms with Crippen molar-refractivity contribution in [3.8, 4) is 0 Å². The van der Waals surface area contributed by atoms with Gasteiger partial charge in [0.25, 0.3) is 0 Å². The van der Waals surface area contributed by atoms with Gasteiger partial charge in [-0.1, -0.05) is 376 Å². The van der Waals surface area contributed by atoms with E-state index in [-0.39, 0.29) is 25.7 Å². The van der Waals surface area contributed by atoms with Crippen LogP contribution < -0.4 is 0 Å². The minimum atomic E-state index is -4.96. The summed E-state index contributed by atoms with van der Waals surface area (Å²) < 4.78 is 68.7. The number of rotatable bonds is 80. The molecule has 0 fully saturated rings. The fraction of sp³-hybridized carbons (Fsp3) is 0.951. The van der Waals surface area contributed by atoms with E-state index in [4.69, 9.17) is 37.0 Å². The number of carbonyl (C=O) groups is 4. The van der Waals surface area contributed by atoms with Gasteiger partial charge >= 0.3 is 39.5 Å². The molecule has 0 saturated carbocycles. The first kappa shape index (κ1) is 99.1. The summed E-state index contributed by atoms with van der Waals surface area (Å²) in [5, 5.41) is 10.6. The molecule has 0 amide bonds. The van der Waals surface area contributed by atoms with Crippen LogP contribution in [0.25, 0.3) is 0 Å². The Balaban J connectivity index is 5.20. The molecule has 0 aliphatic rings. The highest BCUT2D eigenvalue weighted by Gasteiger charge is 2.30. The van der Waals surface area contributed by atoms with Crippen LogP contribution in [0, 0.1) is 17.8 Å². The van der Waals surface area contributed by atoms with Gasteiger partial charge in [-0.2, -0.15) is 0 Å². The van der Waals surface area contributed by atoms with E-state index in [0.717, 1.165) is 108 Å². The molecule has 0 heterocycles. The third-order valence-electron chi connectivity index (χ3n) is 19.5. The molecule has 0 aromatic carbocycles. The molecule has 0 bridgehead atoms. The molecule has 17 nitrogen and oxygen atoms in total. The zero-order chi connectivity index (χ0) is 74.4. The van der Waals surface area contributed by atoms with E-state index in [0.29, 0.717) is 25.7 Å². The van der Waals surface area contributed by atoms with Crippen molar-refractivity contribution in [3.63, 3.8) is 0 Å². The fourth-order valence-electron chi connectivity index (χ4n) is 12.6. The molecule has 0 aliphatic heterocycles. The van der Waals surface area contributed by atoms with Gasteiger partial charge < -0.3 is 33.8 Å². The number of phosphoric acid groups is 2. The molecule has 6 atom stereocenters. The molecular formula is C82H160O17P2. The van der Waals surface area contributed by atoms with Gasteiger partial charge in [0.05, 0.1) is 26.4 Å². The van der Waals surface area contributed by atoms with Crippen LogP contribution in [0.4, 0.5) is 0 Å². The van der Waals surface area contributed by atoms with Crippen molar-refractivity contribution in [1.82, 2.24) is 0 Å². The van der Waals surface area contributed by atoms with Crippen LogP contribution in [0.2, 0.25) is 0 Å². The van der Waals surface area contributed by atoms with Crippen LogP contribution in [0.3, 0.4) is 0 Å². The van der Waals surface area contributed by atoms with Crippen LogP contribution in [-0.4, -0.2) is 96.7 Å². The number of phosphoric ester groups is 2. The summed E-state index contributed by atoms with van der Waals surface area (Å²) in [4.78, 5) is 73.0. The number of carbonyl (C=O) groups excluding carboxylic acids is 4. The zero-order valence-electron chi connectivity index (χ0n) is 66.4. The number of aliphatic hydroxyl groups is 1. The van der Waals surface area contributed by atoms with Gasteiger partial charge in [0.2, 0.25) is 0 Å². The molecule has 0 radical (unpaired) electrons. The van der Waals surface area contributed by atoms with E-state index in [9.17, 15) is 43.2 Å². The van der Waals surface area contributed by atoms with Crippen molar-refractivity contribution in [2.75, 3.05) is 39.6 Å². The highest BCUT2D eigenvalue weighted by atomic mass is 31.2. The molecule has 19 heteroatoms. The maximum Gasteiger partial charge on any atom is 0.472 e. The Morgan fingerprint density at radius 1 is 0.287 bits per heavy atom. The van der Waals surface area contributed by atoms with Crippen molar-refractivity contribution < 1.29 is 80.2 Å². The van der Waals surface area contributed by atoms with Crippen LogP contribution in [0.15, 0.2) is 0 Å². The molecule has 0 aliphatic carbocycles. The first-order chi connectivity index (χ1) is 48.8. The Labute approximate surface area is 619 Å². The maximum atomic E-state index is 13.1. The van der Waals surface area contributed by atoms with Crippen molar-refractivity contribution in [1.29, 1.82) is 0 Å². The van der Waals surface area contributed by atoms with Gasteiger partial charge in [0.1, 0.15) is 19.3 Å². The van der Waals surface area contributed by atoms with Crippen molar-refractivity contribution >= 4 is 39.5 Å². The van der Waals surface area contributed by atoms with Crippen LogP contribution >= 0.6 is 15.6 Å². The van der Waals surface area contributed by atoms with E-state index in [1.54, 1.807) is 0 Å². The largest absolute Gasteiger partial charge is 0.472 e. The van der Waals surface area contributed by atoms with E-state index in [2.05, 4.69) is 48.5 Å². The Kier molecular flexibility index (Phi) is 70.9. The van der Waals surface area contributed by atoms with E-state index >= 15 is 0 Å². The lowest BCUT2D eigenvalue weighted by Crippen LogP contribution is -2.30. The first-order valence-electron chi connectivity index (χ1n) is 42.4. The predicted molar refractivity (Wildman–Crippen MR) is 414 cm³/mol. The Morgan fingerprint density at radius 3 is 0.752 bits per heavy atom. The highest BCUT2D eigenvalue weighted by Crippen LogP contribution is 2.45. The predicted octanol–water partition coefficient (Wildman–Crippen LogP) is 24.5. The average molecular weight is 1480 g/mol. The van der Waals surface area contributed by atoms with E-state index in [1.165, 1.54) is 238 Å². The summed E-state index contributed by atoms with van der Waals surface area (Å²) in [6.45, 7) is 12.0. The second kappa shape index (κ2) is 72.3. The second-order valence-electron chi connectivity index (χ2n) is 30.7. The van der Waals surface area contributed by atoms with Gasteiger partial charge in [-0.25, -0.2) is 9.13 Å². The lowest BCUT2D eigenvalue weighted by molar-refractivity contribution is -0.161. The molecule has 0 saturated heterocycles. The highest BCUT2D eigenvalue weighted by molar-refractivity contribution is 7.47. The molecule has 3 unspecified atom stereocenters. The molecule has 3 N–H and O–H groups in total. The molecule has 600 valence electrons. The van der Waals surface area contributed by atoms with Gasteiger partial charge in [0, 0.05) is 25.7 Å². The number of ether oxygens (including phenoxy) is 4. The number of hydrogen-bond donors (Lipinski definition) is 3. The number of unbranched alkanes of at least 4 members (excludes halogenated alkanes) is 47. The SMILES string of the molecule is CCCCCCCCCCCC(=O)OC[C@H](COP(=O)(O)OC[C@H](O)COP(=O)(O)OC[C@@H](COC(=O)CCCCCCCCCCCCCCCC(C)C)OC(=O)CCCCCCCCCCCCCCCCCCCCC(C)CC)OC(=O)CCCCCCCCCCCCCC(C)C. The molecular weight excluding hydrogens is 1320 g/mol. The summed E-state index contributed by atoms with van der Waals surface area (Å²) in [5.74, 6) is 0.317. The fourth-order valence-corrected chi connectivity index (χ4v) is 14.2. The zero-order valence-corrected chi connectivity index (χ0v) is 68.2. The normalized spacial score (nSPS) is 14.2.